The summed E-state index contributed by atoms with van der Waals surface area (Å²) in [5, 5.41) is 3.26. The molecule has 6 nitrogen and oxygen atoms in total. The summed E-state index contributed by atoms with van der Waals surface area (Å²) in [5.41, 5.74) is 5.80. The molecule has 0 fully saturated rings. The van der Waals surface area contributed by atoms with Crippen LogP contribution in [0.4, 0.5) is 17.6 Å². The molecule has 0 aromatic carbocycles. The second kappa shape index (κ2) is 8.58. The second-order valence-corrected chi connectivity index (χ2v) is 5.13. The minimum atomic E-state index is 0.326. The largest absolute Gasteiger partial charge is 0.370 e. The molecule has 1 heterocycles. The molecule has 0 unspecified atom stereocenters. The van der Waals surface area contributed by atoms with Crippen molar-refractivity contribution in [3.8, 4) is 0 Å². The molecule has 0 aliphatic carbocycles. The van der Waals surface area contributed by atoms with Gasteiger partial charge in [-0.05, 0) is 40.4 Å². The van der Waals surface area contributed by atoms with Crippen molar-refractivity contribution >= 4 is 17.6 Å². The molecule has 20 heavy (non-hydrogen) atoms. The lowest BCUT2D eigenvalue weighted by molar-refractivity contribution is 0.400. The lowest BCUT2D eigenvalue weighted by atomic mass is 10.3. The van der Waals surface area contributed by atoms with Gasteiger partial charge in [-0.15, -0.1) is 0 Å². The van der Waals surface area contributed by atoms with Crippen LogP contribution in [0.15, 0.2) is 6.07 Å². The van der Waals surface area contributed by atoms with E-state index in [9.17, 15) is 0 Å². The first-order chi connectivity index (χ1) is 9.56. The molecule has 0 aliphatic rings. The van der Waals surface area contributed by atoms with Crippen LogP contribution in [0.25, 0.3) is 0 Å². The Morgan fingerprint density at radius 1 is 1.20 bits per heavy atom. The molecular weight excluding hydrogens is 252 g/mol. The first kappa shape index (κ1) is 16.5. The second-order valence-electron chi connectivity index (χ2n) is 5.13. The molecule has 0 spiro atoms. The number of hydrogen-bond acceptors (Lipinski definition) is 6. The first-order valence-electron chi connectivity index (χ1n) is 7.34. The van der Waals surface area contributed by atoms with Crippen LogP contribution < -0.4 is 16.0 Å². The van der Waals surface area contributed by atoms with Gasteiger partial charge in [-0.25, -0.2) is 0 Å². The molecule has 0 atom stereocenters. The SMILES string of the molecule is CCCNc1cc(N(CC)CCCN(C)C)nc(N)n1. The van der Waals surface area contributed by atoms with Gasteiger partial charge in [-0.1, -0.05) is 6.92 Å². The van der Waals surface area contributed by atoms with Crippen molar-refractivity contribution in [2.45, 2.75) is 26.7 Å². The molecule has 1 rings (SSSR count). The minimum absolute atomic E-state index is 0.326. The lowest BCUT2D eigenvalue weighted by Crippen LogP contribution is -2.28. The van der Waals surface area contributed by atoms with E-state index in [-0.39, 0.29) is 0 Å². The Kier molecular flexibility index (Phi) is 7.08. The standard InChI is InChI=1S/C14H28N6/c1-5-8-16-12-11-13(18-14(15)17-12)20(6-2)10-7-9-19(3)4/h11H,5-10H2,1-4H3,(H3,15,16,17,18). The topological polar surface area (TPSA) is 70.3 Å². The van der Waals surface area contributed by atoms with Crippen molar-refractivity contribution in [2.75, 3.05) is 56.2 Å². The normalized spacial score (nSPS) is 10.8. The fourth-order valence-electron chi connectivity index (χ4n) is 1.97. The van der Waals surface area contributed by atoms with E-state index in [2.05, 4.69) is 53.0 Å². The lowest BCUT2D eigenvalue weighted by Gasteiger charge is -2.23. The molecule has 0 saturated heterocycles. The van der Waals surface area contributed by atoms with Gasteiger partial charge < -0.3 is 20.9 Å². The molecule has 6 heteroatoms. The van der Waals surface area contributed by atoms with Crippen LogP contribution in [0.3, 0.4) is 0 Å². The van der Waals surface area contributed by atoms with Crippen molar-refractivity contribution in [1.29, 1.82) is 0 Å². The Morgan fingerprint density at radius 2 is 1.95 bits per heavy atom. The first-order valence-corrected chi connectivity index (χ1v) is 7.34. The maximum Gasteiger partial charge on any atom is 0.223 e. The fraction of sp³-hybridized carbons (Fsp3) is 0.714. The quantitative estimate of drug-likeness (QED) is 0.717. The third kappa shape index (κ3) is 5.61. The third-order valence-electron chi connectivity index (χ3n) is 3.03. The minimum Gasteiger partial charge on any atom is -0.370 e. The number of nitrogens with zero attached hydrogens (tertiary/aromatic N) is 4. The van der Waals surface area contributed by atoms with Crippen LogP contribution in [0.1, 0.15) is 26.7 Å². The molecule has 0 amide bonds. The zero-order valence-corrected chi connectivity index (χ0v) is 13.2. The third-order valence-corrected chi connectivity index (χ3v) is 3.03. The molecule has 1 aromatic heterocycles. The summed E-state index contributed by atoms with van der Waals surface area (Å²) < 4.78 is 0. The molecule has 1 aromatic rings. The molecule has 0 saturated carbocycles. The molecule has 0 radical (unpaired) electrons. The summed E-state index contributed by atoms with van der Waals surface area (Å²) in [5.74, 6) is 2.03. The number of aromatic nitrogens is 2. The van der Waals surface area contributed by atoms with Crippen LogP contribution in [-0.2, 0) is 0 Å². The van der Waals surface area contributed by atoms with Crippen molar-refractivity contribution in [1.82, 2.24) is 14.9 Å². The van der Waals surface area contributed by atoms with Crippen molar-refractivity contribution in [3.63, 3.8) is 0 Å². The number of anilines is 3. The van der Waals surface area contributed by atoms with Crippen molar-refractivity contribution in [3.05, 3.63) is 6.07 Å². The number of nitrogens with two attached hydrogens (primary N) is 1. The predicted molar refractivity (Wildman–Crippen MR) is 86.3 cm³/mol. The molecular formula is C14H28N6. The van der Waals surface area contributed by atoms with E-state index in [1.54, 1.807) is 0 Å². The predicted octanol–water partition coefficient (Wildman–Crippen LogP) is 1.66. The Bertz CT molecular complexity index is 393. The van der Waals surface area contributed by atoms with E-state index in [0.717, 1.165) is 50.7 Å². The monoisotopic (exact) mass is 280 g/mol. The zero-order valence-electron chi connectivity index (χ0n) is 13.2. The zero-order chi connectivity index (χ0) is 15.0. The summed E-state index contributed by atoms with van der Waals surface area (Å²) in [6, 6.07) is 1.98. The van der Waals surface area contributed by atoms with Gasteiger partial charge in [0.1, 0.15) is 11.6 Å². The van der Waals surface area contributed by atoms with Gasteiger partial charge in [0, 0.05) is 25.7 Å². The highest BCUT2D eigenvalue weighted by Gasteiger charge is 2.09. The van der Waals surface area contributed by atoms with Gasteiger partial charge in [-0.2, -0.15) is 9.97 Å². The molecule has 114 valence electrons. The Morgan fingerprint density at radius 3 is 2.55 bits per heavy atom. The number of hydrogen-bond donors (Lipinski definition) is 2. The summed E-state index contributed by atoms with van der Waals surface area (Å²) in [6.07, 6.45) is 2.15. The van der Waals surface area contributed by atoms with Crippen LogP contribution in [0.5, 0.6) is 0 Å². The van der Waals surface area contributed by atoms with Gasteiger partial charge in [0.2, 0.25) is 5.95 Å². The summed E-state index contributed by atoms with van der Waals surface area (Å²) >= 11 is 0. The van der Waals surface area contributed by atoms with Crippen LogP contribution in [-0.4, -0.2) is 55.1 Å². The highest BCUT2D eigenvalue weighted by atomic mass is 15.2. The van der Waals surface area contributed by atoms with Gasteiger partial charge in [0.15, 0.2) is 0 Å². The van der Waals surface area contributed by atoms with Gasteiger partial charge in [0.25, 0.3) is 0 Å². The van der Waals surface area contributed by atoms with E-state index in [4.69, 9.17) is 5.73 Å². The smallest absolute Gasteiger partial charge is 0.223 e. The highest BCUT2D eigenvalue weighted by Crippen LogP contribution is 2.17. The number of nitrogens with one attached hydrogen (secondary N) is 1. The number of nitrogen functional groups attached to an aromatic ring is 1. The van der Waals surface area contributed by atoms with E-state index in [1.807, 2.05) is 6.07 Å². The molecule has 0 bridgehead atoms. The van der Waals surface area contributed by atoms with Gasteiger partial charge >= 0.3 is 0 Å². The van der Waals surface area contributed by atoms with E-state index in [1.165, 1.54) is 0 Å². The maximum atomic E-state index is 5.80. The molecule has 0 aliphatic heterocycles. The Labute approximate surface area is 122 Å². The van der Waals surface area contributed by atoms with Crippen LogP contribution in [0, 0.1) is 0 Å². The summed E-state index contributed by atoms with van der Waals surface area (Å²) in [6.45, 7) is 8.10. The van der Waals surface area contributed by atoms with E-state index in [0.29, 0.717) is 5.95 Å². The van der Waals surface area contributed by atoms with E-state index >= 15 is 0 Å². The van der Waals surface area contributed by atoms with Crippen molar-refractivity contribution in [2.24, 2.45) is 0 Å². The summed E-state index contributed by atoms with van der Waals surface area (Å²) in [7, 11) is 4.18. The van der Waals surface area contributed by atoms with Gasteiger partial charge in [-0.3, -0.25) is 0 Å². The highest BCUT2D eigenvalue weighted by molar-refractivity contribution is 5.52. The number of rotatable bonds is 9. The average Bonchev–Trinajstić information content (AvgIpc) is 2.40. The van der Waals surface area contributed by atoms with Crippen LogP contribution >= 0.6 is 0 Å². The van der Waals surface area contributed by atoms with Crippen LogP contribution in [0.2, 0.25) is 0 Å². The maximum absolute atomic E-state index is 5.80. The average molecular weight is 280 g/mol. The Hall–Kier alpha value is -1.56. The fourth-order valence-corrected chi connectivity index (χ4v) is 1.97. The Balaban J connectivity index is 2.72. The van der Waals surface area contributed by atoms with E-state index < -0.39 is 0 Å². The van der Waals surface area contributed by atoms with Crippen molar-refractivity contribution < 1.29 is 0 Å². The van der Waals surface area contributed by atoms with Gasteiger partial charge in [0.05, 0.1) is 0 Å². The molecule has 3 N–H and O–H groups in total. The summed E-state index contributed by atoms with van der Waals surface area (Å²) in [4.78, 5) is 13.0.